The summed E-state index contributed by atoms with van der Waals surface area (Å²) in [6.45, 7) is 0. The van der Waals surface area contributed by atoms with Crippen LogP contribution in [-0.4, -0.2) is 12.4 Å². The molecule has 1 aromatic carbocycles. The molecule has 0 radical (unpaired) electrons. The van der Waals surface area contributed by atoms with E-state index in [0.29, 0.717) is 5.75 Å². The third-order valence-electron chi connectivity index (χ3n) is 3.03. The molecule has 0 aliphatic heterocycles. The Labute approximate surface area is 94.4 Å². The van der Waals surface area contributed by atoms with E-state index < -0.39 is 0 Å². The highest BCUT2D eigenvalue weighted by Crippen LogP contribution is 2.26. The Balaban J connectivity index is 1.86. The van der Waals surface area contributed by atoms with Gasteiger partial charge in [0.2, 0.25) is 0 Å². The zero-order valence-electron chi connectivity index (χ0n) is 9.06. The van der Waals surface area contributed by atoms with Gasteiger partial charge in [0.05, 0.1) is 6.10 Å². The lowest BCUT2D eigenvalue weighted by molar-refractivity contribution is -0.112. The van der Waals surface area contributed by atoms with Gasteiger partial charge in [-0.05, 0) is 49.9 Å². The second-order valence-corrected chi connectivity index (χ2v) is 4.24. The average molecular weight is 222 g/mol. The van der Waals surface area contributed by atoms with Gasteiger partial charge in [0.1, 0.15) is 17.9 Å². The summed E-state index contributed by atoms with van der Waals surface area (Å²) in [6, 6.07) is 6.07. The van der Waals surface area contributed by atoms with Crippen LogP contribution in [0.2, 0.25) is 0 Å². The summed E-state index contributed by atoms with van der Waals surface area (Å²) in [5, 5.41) is 0. The van der Waals surface area contributed by atoms with Crippen LogP contribution < -0.4 is 4.74 Å². The summed E-state index contributed by atoms with van der Waals surface area (Å²) in [5.41, 5.74) is 0. The minimum absolute atomic E-state index is 0.168. The van der Waals surface area contributed by atoms with Crippen molar-refractivity contribution in [3.8, 4) is 5.75 Å². The van der Waals surface area contributed by atoms with Gasteiger partial charge in [0.25, 0.3) is 0 Å². The van der Waals surface area contributed by atoms with Crippen LogP contribution in [0, 0.1) is 11.7 Å². The number of rotatable bonds is 3. The summed E-state index contributed by atoms with van der Waals surface area (Å²) >= 11 is 0. The summed E-state index contributed by atoms with van der Waals surface area (Å²) in [7, 11) is 0. The largest absolute Gasteiger partial charge is 0.490 e. The van der Waals surface area contributed by atoms with E-state index >= 15 is 0 Å². The molecule has 2 rings (SSSR count). The molecular formula is C13H15FO2. The molecule has 2 nitrogen and oxygen atoms in total. The van der Waals surface area contributed by atoms with Crippen LogP contribution in [0.15, 0.2) is 24.3 Å². The van der Waals surface area contributed by atoms with Crippen molar-refractivity contribution in [2.24, 2.45) is 5.92 Å². The van der Waals surface area contributed by atoms with E-state index in [-0.39, 0.29) is 17.8 Å². The van der Waals surface area contributed by atoms with Crippen molar-refractivity contribution in [1.29, 1.82) is 0 Å². The molecule has 1 fully saturated rings. The van der Waals surface area contributed by atoms with Crippen LogP contribution in [0.1, 0.15) is 25.7 Å². The molecular weight excluding hydrogens is 207 g/mol. The topological polar surface area (TPSA) is 26.3 Å². The number of benzene rings is 1. The molecule has 0 amide bonds. The predicted molar refractivity (Wildman–Crippen MR) is 58.8 cm³/mol. The number of ether oxygens (including phenoxy) is 1. The van der Waals surface area contributed by atoms with E-state index in [9.17, 15) is 9.18 Å². The van der Waals surface area contributed by atoms with E-state index in [1.807, 2.05) is 0 Å². The fraction of sp³-hybridized carbons (Fsp3) is 0.462. The number of aldehydes is 1. The van der Waals surface area contributed by atoms with Gasteiger partial charge in [-0.25, -0.2) is 4.39 Å². The summed E-state index contributed by atoms with van der Waals surface area (Å²) in [5.74, 6) is 0.654. The molecule has 1 saturated carbocycles. The number of carbonyl (C=O) groups excluding carboxylic acids is 1. The number of carbonyl (C=O) groups is 1. The van der Waals surface area contributed by atoms with E-state index in [1.165, 1.54) is 12.1 Å². The fourth-order valence-electron chi connectivity index (χ4n) is 2.05. The first-order valence-electron chi connectivity index (χ1n) is 5.65. The Morgan fingerprint density at radius 2 is 1.75 bits per heavy atom. The molecule has 1 aliphatic carbocycles. The van der Waals surface area contributed by atoms with Crippen molar-refractivity contribution >= 4 is 6.29 Å². The Morgan fingerprint density at radius 3 is 2.31 bits per heavy atom. The lowest BCUT2D eigenvalue weighted by atomic mass is 9.88. The van der Waals surface area contributed by atoms with Crippen LogP contribution in [0.3, 0.4) is 0 Å². The zero-order chi connectivity index (χ0) is 11.4. The molecule has 1 aliphatic rings. The van der Waals surface area contributed by atoms with Crippen molar-refractivity contribution in [2.75, 3.05) is 0 Å². The Bertz CT molecular complexity index is 339. The molecule has 0 saturated heterocycles. The first kappa shape index (κ1) is 11.1. The molecule has 3 heteroatoms. The van der Waals surface area contributed by atoms with Crippen LogP contribution in [0.5, 0.6) is 5.75 Å². The fourth-order valence-corrected chi connectivity index (χ4v) is 2.05. The minimum Gasteiger partial charge on any atom is -0.490 e. The maximum Gasteiger partial charge on any atom is 0.123 e. The maximum atomic E-state index is 12.7. The minimum atomic E-state index is -0.253. The highest BCUT2D eigenvalue weighted by molar-refractivity contribution is 5.53. The van der Waals surface area contributed by atoms with Crippen molar-refractivity contribution in [2.45, 2.75) is 31.8 Å². The third-order valence-corrected chi connectivity index (χ3v) is 3.03. The van der Waals surface area contributed by atoms with Gasteiger partial charge in [0, 0.05) is 5.92 Å². The molecule has 1 aromatic rings. The van der Waals surface area contributed by atoms with Gasteiger partial charge >= 0.3 is 0 Å². The van der Waals surface area contributed by atoms with Gasteiger partial charge in [0.15, 0.2) is 0 Å². The monoisotopic (exact) mass is 222 g/mol. The summed E-state index contributed by atoms with van der Waals surface area (Å²) in [4.78, 5) is 10.6. The van der Waals surface area contributed by atoms with Crippen molar-refractivity contribution in [3.63, 3.8) is 0 Å². The normalized spacial score (nSPS) is 25.1. The van der Waals surface area contributed by atoms with E-state index in [0.717, 1.165) is 32.0 Å². The first-order chi connectivity index (χ1) is 7.78. The average Bonchev–Trinajstić information content (AvgIpc) is 2.33. The van der Waals surface area contributed by atoms with Gasteiger partial charge in [-0.2, -0.15) is 0 Å². The molecule has 0 N–H and O–H groups in total. The van der Waals surface area contributed by atoms with Crippen LogP contribution in [0.25, 0.3) is 0 Å². The summed E-state index contributed by atoms with van der Waals surface area (Å²) < 4.78 is 18.4. The quantitative estimate of drug-likeness (QED) is 0.735. The van der Waals surface area contributed by atoms with Gasteiger partial charge in [-0.15, -0.1) is 0 Å². The molecule has 16 heavy (non-hydrogen) atoms. The molecule has 86 valence electrons. The number of hydrogen-bond donors (Lipinski definition) is 0. The molecule has 0 unspecified atom stereocenters. The lowest BCUT2D eigenvalue weighted by Gasteiger charge is -2.26. The molecule has 0 spiro atoms. The predicted octanol–water partition coefficient (Wildman–Crippen LogP) is 2.96. The number of halogens is 1. The highest BCUT2D eigenvalue weighted by Gasteiger charge is 2.21. The Morgan fingerprint density at radius 1 is 1.12 bits per heavy atom. The van der Waals surface area contributed by atoms with Crippen LogP contribution in [0.4, 0.5) is 4.39 Å². The SMILES string of the molecule is O=C[C@H]1CC[C@@H](Oc2ccc(F)cc2)CC1. The molecule has 0 bridgehead atoms. The standard InChI is InChI=1S/C13H15FO2/c14-11-3-7-13(8-4-11)16-12-5-1-10(9-15)2-6-12/h3-4,7-10,12H,1-2,5-6H2/t10-,12+. The Hall–Kier alpha value is -1.38. The smallest absolute Gasteiger partial charge is 0.123 e. The van der Waals surface area contributed by atoms with Gasteiger partial charge in [-0.1, -0.05) is 0 Å². The van der Waals surface area contributed by atoms with Crippen LogP contribution >= 0.6 is 0 Å². The second kappa shape index (κ2) is 5.10. The highest BCUT2D eigenvalue weighted by atomic mass is 19.1. The van der Waals surface area contributed by atoms with Gasteiger partial charge in [-0.3, -0.25) is 0 Å². The van der Waals surface area contributed by atoms with E-state index in [4.69, 9.17) is 4.74 Å². The maximum absolute atomic E-state index is 12.7. The van der Waals surface area contributed by atoms with Crippen molar-refractivity contribution < 1.29 is 13.9 Å². The number of hydrogen-bond acceptors (Lipinski definition) is 2. The zero-order valence-corrected chi connectivity index (χ0v) is 9.06. The molecule has 0 heterocycles. The summed E-state index contributed by atoms with van der Waals surface area (Å²) in [6.07, 6.45) is 4.81. The van der Waals surface area contributed by atoms with Crippen molar-refractivity contribution in [3.05, 3.63) is 30.1 Å². The Kier molecular flexibility index (Phi) is 3.54. The van der Waals surface area contributed by atoms with E-state index in [2.05, 4.69) is 0 Å². The van der Waals surface area contributed by atoms with E-state index in [1.54, 1.807) is 12.1 Å². The molecule has 0 aromatic heterocycles. The van der Waals surface area contributed by atoms with Gasteiger partial charge < -0.3 is 9.53 Å². The molecule has 0 atom stereocenters. The lowest BCUT2D eigenvalue weighted by Crippen LogP contribution is -2.24. The third kappa shape index (κ3) is 2.81. The first-order valence-corrected chi connectivity index (χ1v) is 5.65. The van der Waals surface area contributed by atoms with Crippen molar-refractivity contribution in [1.82, 2.24) is 0 Å². The van der Waals surface area contributed by atoms with Crippen LogP contribution in [-0.2, 0) is 4.79 Å². The second-order valence-electron chi connectivity index (χ2n) is 4.24.